The molecule has 0 saturated carbocycles. The van der Waals surface area contributed by atoms with Crippen molar-refractivity contribution in [2.24, 2.45) is 0 Å². The van der Waals surface area contributed by atoms with Crippen LogP contribution in [0.5, 0.6) is 0 Å². The third kappa shape index (κ3) is 4.19. The van der Waals surface area contributed by atoms with Gasteiger partial charge in [0, 0.05) is 4.88 Å². The Kier molecular flexibility index (Phi) is 6.03. The molecule has 3 heterocycles. The van der Waals surface area contributed by atoms with E-state index >= 15 is 0 Å². The SMILES string of the molecule is Cl.O=C(Nc1nc2c(s1)CCCCC2)c1cn(C2CCNCC2)nn1. The van der Waals surface area contributed by atoms with Crippen molar-refractivity contribution in [1.82, 2.24) is 25.3 Å². The molecule has 4 rings (SSSR count). The van der Waals surface area contributed by atoms with Gasteiger partial charge in [-0.2, -0.15) is 0 Å². The minimum Gasteiger partial charge on any atom is -0.317 e. The Hall–Kier alpha value is -1.51. The lowest BCUT2D eigenvalue weighted by Gasteiger charge is -2.21. The highest BCUT2D eigenvalue weighted by molar-refractivity contribution is 7.15. The van der Waals surface area contributed by atoms with Crippen molar-refractivity contribution in [2.45, 2.75) is 51.0 Å². The summed E-state index contributed by atoms with van der Waals surface area (Å²) in [5, 5.41) is 15.1. The van der Waals surface area contributed by atoms with Crippen LogP contribution in [0.25, 0.3) is 0 Å². The van der Waals surface area contributed by atoms with E-state index < -0.39 is 0 Å². The molecule has 2 aromatic heterocycles. The van der Waals surface area contributed by atoms with Gasteiger partial charge in [0.05, 0.1) is 17.9 Å². The predicted molar refractivity (Wildman–Crippen MR) is 99.7 cm³/mol. The standard InChI is InChI=1S/C16H22N6OS.ClH/c23-15(13-10-22(21-20-13)11-6-8-17-9-7-11)19-16-18-12-4-2-1-3-5-14(12)24-16;/h10-11,17H,1-9H2,(H,18,19,23);1H. The number of nitrogens with one attached hydrogen (secondary N) is 2. The van der Waals surface area contributed by atoms with Crippen LogP contribution >= 0.6 is 23.7 Å². The zero-order valence-corrected chi connectivity index (χ0v) is 15.7. The second-order valence-corrected chi connectivity index (χ2v) is 7.55. The second kappa shape index (κ2) is 8.25. The molecule has 2 N–H and O–H groups in total. The van der Waals surface area contributed by atoms with Gasteiger partial charge in [-0.25, -0.2) is 9.67 Å². The summed E-state index contributed by atoms with van der Waals surface area (Å²) in [6.07, 6.45) is 9.56. The summed E-state index contributed by atoms with van der Waals surface area (Å²) in [5.74, 6) is -0.223. The molecular weight excluding hydrogens is 360 g/mol. The maximum Gasteiger partial charge on any atom is 0.279 e. The van der Waals surface area contributed by atoms with Gasteiger partial charge in [-0.15, -0.1) is 28.8 Å². The van der Waals surface area contributed by atoms with Crippen LogP contribution in [0.4, 0.5) is 5.13 Å². The van der Waals surface area contributed by atoms with Gasteiger partial charge >= 0.3 is 0 Å². The molecule has 25 heavy (non-hydrogen) atoms. The molecule has 0 spiro atoms. The van der Waals surface area contributed by atoms with Crippen molar-refractivity contribution in [3.05, 3.63) is 22.5 Å². The number of anilines is 1. The van der Waals surface area contributed by atoms with E-state index in [1.165, 1.54) is 24.1 Å². The van der Waals surface area contributed by atoms with E-state index in [0.717, 1.165) is 44.5 Å². The van der Waals surface area contributed by atoms with Crippen LogP contribution in [0.3, 0.4) is 0 Å². The Bertz CT molecular complexity index is 701. The molecule has 1 aliphatic carbocycles. The zero-order valence-electron chi connectivity index (χ0n) is 14.0. The van der Waals surface area contributed by atoms with Crippen LogP contribution in [0.1, 0.15) is 59.2 Å². The van der Waals surface area contributed by atoms with Crippen molar-refractivity contribution in [2.75, 3.05) is 18.4 Å². The summed E-state index contributed by atoms with van der Waals surface area (Å²) in [5.41, 5.74) is 1.52. The third-order valence-electron chi connectivity index (χ3n) is 4.74. The summed E-state index contributed by atoms with van der Waals surface area (Å²) in [4.78, 5) is 18.3. The van der Waals surface area contributed by atoms with E-state index in [9.17, 15) is 4.79 Å². The van der Waals surface area contributed by atoms with Gasteiger partial charge < -0.3 is 5.32 Å². The summed E-state index contributed by atoms with van der Waals surface area (Å²) < 4.78 is 1.83. The van der Waals surface area contributed by atoms with E-state index in [-0.39, 0.29) is 18.3 Å². The first-order chi connectivity index (χ1) is 11.8. The quantitative estimate of drug-likeness (QED) is 0.797. The number of piperidine rings is 1. The molecule has 7 nitrogen and oxygen atoms in total. The maximum atomic E-state index is 12.4. The summed E-state index contributed by atoms with van der Waals surface area (Å²) in [6, 6.07) is 0.330. The summed E-state index contributed by atoms with van der Waals surface area (Å²) in [6.45, 7) is 1.97. The van der Waals surface area contributed by atoms with E-state index in [1.54, 1.807) is 17.5 Å². The molecule has 1 aliphatic heterocycles. The number of carbonyl (C=O) groups is 1. The Morgan fingerprint density at radius 1 is 1.24 bits per heavy atom. The molecule has 0 atom stereocenters. The van der Waals surface area contributed by atoms with Gasteiger partial charge in [-0.3, -0.25) is 10.1 Å². The predicted octanol–water partition coefficient (Wildman–Crippen LogP) is 2.60. The Labute approximate surface area is 157 Å². The highest BCUT2D eigenvalue weighted by Crippen LogP contribution is 2.29. The molecule has 0 bridgehead atoms. The number of hydrogen-bond donors (Lipinski definition) is 2. The van der Waals surface area contributed by atoms with Crippen molar-refractivity contribution in [3.8, 4) is 0 Å². The van der Waals surface area contributed by atoms with Crippen molar-refractivity contribution in [1.29, 1.82) is 0 Å². The third-order valence-corrected chi connectivity index (χ3v) is 5.81. The van der Waals surface area contributed by atoms with Crippen LogP contribution in [0.15, 0.2) is 6.20 Å². The normalized spacial score (nSPS) is 18.1. The molecule has 1 fully saturated rings. The number of hydrogen-bond acceptors (Lipinski definition) is 6. The van der Waals surface area contributed by atoms with E-state index in [0.29, 0.717) is 16.9 Å². The Balaban J connectivity index is 0.00000182. The largest absolute Gasteiger partial charge is 0.317 e. The average molecular weight is 383 g/mol. The van der Waals surface area contributed by atoms with E-state index in [2.05, 4.69) is 25.9 Å². The fraction of sp³-hybridized carbons (Fsp3) is 0.625. The number of thiazole rings is 1. The van der Waals surface area contributed by atoms with Crippen LogP contribution in [0, 0.1) is 0 Å². The lowest BCUT2D eigenvalue weighted by atomic mass is 10.1. The van der Waals surface area contributed by atoms with Gasteiger partial charge in [-0.1, -0.05) is 11.6 Å². The number of fused-ring (bicyclic) bond motifs is 1. The number of amides is 1. The van der Waals surface area contributed by atoms with Gasteiger partial charge in [-0.05, 0) is 51.6 Å². The van der Waals surface area contributed by atoms with Crippen LogP contribution in [-0.2, 0) is 12.8 Å². The summed E-state index contributed by atoms with van der Waals surface area (Å²) in [7, 11) is 0. The monoisotopic (exact) mass is 382 g/mol. The van der Waals surface area contributed by atoms with Crippen LogP contribution in [-0.4, -0.2) is 39.0 Å². The number of carbonyl (C=O) groups excluding carboxylic acids is 1. The highest BCUT2D eigenvalue weighted by Gasteiger charge is 2.20. The Morgan fingerprint density at radius 2 is 2.04 bits per heavy atom. The first kappa shape index (κ1) is 18.3. The second-order valence-electron chi connectivity index (χ2n) is 6.47. The molecule has 136 valence electrons. The summed E-state index contributed by atoms with van der Waals surface area (Å²) >= 11 is 1.60. The molecule has 0 aromatic carbocycles. The number of nitrogens with zero attached hydrogens (tertiary/aromatic N) is 4. The fourth-order valence-corrected chi connectivity index (χ4v) is 4.42. The molecular formula is C16H23ClN6OS. The van der Waals surface area contributed by atoms with Crippen LogP contribution in [0.2, 0.25) is 0 Å². The van der Waals surface area contributed by atoms with Gasteiger partial charge in [0.15, 0.2) is 10.8 Å². The van der Waals surface area contributed by atoms with E-state index in [4.69, 9.17) is 0 Å². The number of halogens is 1. The molecule has 1 saturated heterocycles. The molecule has 9 heteroatoms. The molecule has 2 aliphatic rings. The maximum absolute atomic E-state index is 12.4. The van der Waals surface area contributed by atoms with Crippen LogP contribution < -0.4 is 10.6 Å². The molecule has 0 radical (unpaired) electrons. The molecule has 2 aromatic rings. The number of rotatable bonds is 3. The lowest BCUT2D eigenvalue weighted by Crippen LogP contribution is -2.29. The first-order valence-electron chi connectivity index (χ1n) is 8.72. The zero-order chi connectivity index (χ0) is 16.4. The minimum atomic E-state index is -0.223. The number of aryl methyl sites for hydroxylation is 2. The average Bonchev–Trinajstić information content (AvgIpc) is 3.18. The van der Waals surface area contributed by atoms with Crippen molar-refractivity contribution < 1.29 is 4.79 Å². The van der Waals surface area contributed by atoms with Gasteiger partial charge in [0.25, 0.3) is 5.91 Å². The van der Waals surface area contributed by atoms with Gasteiger partial charge in [0.2, 0.25) is 0 Å². The molecule has 1 amide bonds. The van der Waals surface area contributed by atoms with Crippen molar-refractivity contribution in [3.63, 3.8) is 0 Å². The Morgan fingerprint density at radius 3 is 2.88 bits per heavy atom. The molecule has 0 unspecified atom stereocenters. The smallest absolute Gasteiger partial charge is 0.279 e. The minimum absolute atomic E-state index is 0. The van der Waals surface area contributed by atoms with Gasteiger partial charge in [0.1, 0.15) is 0 Å². The fourth-order valence-electron chi connectivity index (χ4n) is 3.37. The first-order valence-corrected chi connectivity index (χ1v) is 9.54. The lowest BCUT2D eigenvalue weighted by molar-refractivity contribution is 0.102. The van der Waals surface area contributed by atoms with E-state index in [1.807, 2.05) is 4.68 Å². The highest BCUT2D eigenvalue weighted by atomic mass is 35.5. The number of aromatic nitrogens is 4. The topological polar surface area (TPSA) is 84.7 Å². The van der Waals surface area contributed by atoms with Crippen molar-refractivity contribution >= 4 is 34.8 Å².